The number of rotatable bonds is 15. The van der Waals surface area contributed by atoms with E-state index in [-0.39, 0.29) is 30.0 Å². The molecule has 0 saturated heterocycles. The van der Waals surface area contributed by atoms with Gasteiger partial charge in [0.05, 0.1) is 11.8 Å². The lowest BCUT2D eigenvalue weighted by molar-refractivity contribution is -0.128. The first-order valence-electron chi connectivity index (χ1n) is 12.4. The molecular formula is C28H37N3O5S. The van der Waals surface area contributed by atoms with E-state index in [1.54, 1.807) is 0 Å². The number of Topliss-reactive ketones (excluding diaryl/α,β-unsaturated/α-hetero) is 1. The number of benzene rings is 2. The average Bonchev–Trinajstić information content (AvgIpc) is 2.87. The van der Waals surface area contributed by atoms with E-state index in [4.69, 9.17) is 4.74 Å². The van der Waals surface area contributed by atoms with Gasteiger partial charge in [-0.1, -0.05) is 74.5 Å². The van der Waals surface area contributed by atoms with E-state index in [2.05, 4.69) is 16.0 Å². The van der Waals surface area contributed by atoms with Gasteiger partial charge in [0.1, 0.15) is 12.6 Å². The lowest BCUT2D eigenvalue weighted by Crippen LogP contribution is -2.53. The summed E-state index contributed by atoms with van der Waals surface area (Å²) in [6.45, 7) is 5.91. The van der Waals surface area contributed by atoms with Gasteiger partial charge in [-0.05, 0) is 29.9 Å². The molecule has 0 aliphatic rings. The molecule has 2 atom stereocenters. The van der Waals surface area contributed by atoms with Gasteiger partial charge in [0, 0.05) is 19.2 Å². The van der Waals surface area contributed by atoms with E-state index in [1.165, 1.54) is 18.7 Å². The lowest BCUT2D eigenvalue weighted by atomic mass is 10.00. The Labute approximate surface area is 223 Å². The molecule has 0 aliphatic carbocycles. The zero-order valence-corrected chi connectivity index (χ0v) is 22.5. The number of hydrogen-bond acceptors (Lipinski definition) is 6. The molecule has 0 aliphatic heterocycles. The molecule has 2 unspecified atom stereocenters. The van der Waals surface area contributed by atoms with Crippen molar-refractivity contribution in [3.63, 3.8) is 0 Å². The van der Waals surface area contributed by atoms with Crippen molar-refractivity contribution in [2.45, 2.75) is 52.3 Å². The van der Waals surface area contributed by atoms with Gasteiger partial charge in [0.25, 0.3) is 0 Å². The number of alkyl carbamates (subject to hydrolysis) is 1. The van der Waals surface area contributed by atoms with Crippen LogP contribution in [0.15, 0.2) is 60.7 Å². The minimum Gasteiger partial charge on any atom is -0.445 e. The Morgan fingerprint density at radius 3 is 2.08 bits per heavy atom. The molecule has 37 heavy (non-hydrogen) atoms. The van der Waals surface area contributed by atoms with Crippen molar-refractivity contribution in [1.29, 1.82) is 0 Å². The normalized spacial score (nSPS) is 12.3. The average molecular weight is 528 g/mol. The molecule has 2 aromatic rings. The van der Waals surface area contributed by atoms with Crippen LogP contribution in [0.4, 0.5) is 4.79 Å². The molecule has 3 N–H and O–H groups in total. The molecule has 9 heteroatoms. The fourth-order valence-corrected chi connectivity index (χ4v) is 4.34. The highest BCUT2D eigenvalue weighted by Gasteiger charge is 2.28. The molecule has 0 radical (unpaired) electrons. The van der Waals surface area contributed by atoms with Crippen molar-refractivity contribution in [2.24, 2.45) is 5.92 Å². The van der Waals surface area contributed by atoms with Gasteiger partial charge in [-0.2, -0.15) is 11.8 Å². The summed E-state index contributed by atoms with van der Waals surface area (Å²) in [5.41, 5.74) is 1.76. The van der Waals surface area contributed by atoms with Gasteiger partial charge >= 0.3 is 6.09 Å². The summed E-state index contributed by atoms with van der Waals surface area (Å²) in [5.74, 6) is 0.230. The van der Waals surface area contributed by atoms with Gasteiger partial charge in [-0.25, -0.2) is 4.79 Å². The number of hydrogen-bond donors (Lipinski definition) is 3. The number of thioether (sulfide) groups is 1. The van der Waals surface area contributed by atoms with Crippen molar-refractivity contribution in [3.05, 3.63) is 71.8 Å². The molecule has 0 spiro atoms. The number of ether oxygens (including phenoxy) is 1. The van der Waals surface area contributed by atoms with Crippen LogP contribution < -0.4 is 16.0 Å². The van der Waals surface area contributed by atoms with Gasteiger partial charge in [0.2, 0.25) is 11.8 Å². The smallest absolute Gasteiger partial charge is 0.408 e. The fourth-order valence-electron chi connectivity index (χ4n) is 3.55. The highest BCUT2D eigenvalue weighted by atomic mass is 32.2. The number of ketones is 1. The zero-order valence-electron chi connectivity index (χ0n) is 21.7. The largest absolute Gasteiger partial charge is 0.445 e. The van der Waals surface area contributed by atoms with Crippen LogP contribution in [0, 0.1) is 5.92 Å². The van der Waals surface area contributed by atoms with Gasteiger partial charge in [0.15, 0.2) is 5.78 Å². The second-order valence-corrected chi connectivity index (χ2v) is 10.2. The monoisotopic (exact) mass is 527 g/mol. The molecule has 2 rings (SSSR count). The van der Waals surface area contributed by atoms with Crippen molar-refractivity contribution in [3.8, 4) is 0 Å². The molecule has 3 amide bonds. The summed E-state index contributed by atoms with van der Waals surface area (Å²) in [4.78, 5) is 49.8. The van der Waals surface area contributed by atoms with Crippen LogP contribution in [0.1, 0.15) is 38.3 Å². The zero-order chi connectivity index (χ0) is 27.0. The Kier molecular flexibility index (Phi) is 13.3. The summed E-state index contributed by atoms with van der Waals surface area (Å²) in [5, 5.41) is 8.23. The Balaban J connectivity index is 2.02. The SMILES string of the molecule is CC(=O)NCCSCC(=O)C(Cc1ccccc1)NC(=O)C(CC(C)C)NC(=O)OCc1ccccc1. The quantitative estimate of drug-likeness (QED) is 0.306. The number of nitrogens with one attached hydrogen (secondary N) is 3. The molecule has 0 bridgehead atoms. The molecule has 0 saturated carbocycles. The molecular weight excluding hydrogens is 490 g/mol. The van der Waals surface area contributed by atoms with Crippen molar-refractivity contribution in [1.82, 2.24) is 16.0 Å². The lowest BCUT2D eigenvalue weighted by Gasteiger charge is -2.24. The maximum Gasteiger partial charge on any atom is 0.408 e. The summed E-state index contributed by atoms with van der Waals surface area (Å²) >= 11 is 1.40. The van der Waals surface area contributed by atoms with Crippen molar-refractivity contribution in [2.75, 3.05) is 18.1 Å². The summed E-state index contributed by atoms with van der Waals surface area (Å²) in [6.07, 6.45) is 0.0400. The van der Waals surface area contributed by atoms with E-state index in [0.717, 1.165) is 11.1 Å². The second kappa shape index (κ2) is 16.4. The number of carbonyl (C=O) groups excluding carboxylic acids is 4. The first kappa shape index (κ1) is 29.9. The third kappa shape index (κ3) is 12.5. The molecule has 8 nitrogen and oxygen atoms in total. The van der Waals surface area contributed by atoms with E-state index in [1.807, 2.05) is 74.5 Å². The van der Waals surface area contributed by atoms with Crippen LogP contribution in [-0.2, 0) is 32.1 Å². The predicted molar refractivity (Wildman–Crippen MR) is 146 cm³/mol. The molecule has 200 valence electrons. The maximum atomic E-state index is 13.3. The highest BCUT2D eigenvalue weighted by Crippen LogP contribution is 2.11. The van der Waals surface area contributed by atoms with E-state index in [0.29, 0.717) is 25.1 Å². The molecule has 2 aromatic carbocycles. The van der Waals surface area contributed by atoms with Gasteiger partial charge in [-0.3, -0.25) is 14.4 Å². The Bertz CT molecular complexity index is 1000. The number of amides is 3. The van der Waals surface area contributed by atoms with Gasteiger partial charge in [-0.15, -0.1) is 0 Å². The van der Waals surface area contributed by atoms with E-state index in [9.17, 15) is 19.2 Å². The van der Waals surface area contributed by atoms with E-state index < -0.39 is 24.1 Å². The topological polar surface area (TPSA) is 114 Å². The third-order valence-electron chi connectivity index (χ3n) is 5.38. The first-order chi connectivity index (χ1) is 17.7. The van der Waals surface area contributed by atoms with Crippen LogP contribution in [0.2, 0.25) is 0 Å². The van der Waals surface area contributed by atoms with Crippen molar-refractivity contribution < 1.29 is 23.9 Å². The third-order valence-corrected chi connectivity index (χ3v) is 6.36. The minimum absolute atomic E-state index is 0.0908. The summed E-state index contributed by atoms with van der Waals surface area (Å²) in [6, 6.07) is 17.1. The van der Waals surface area contributed by atoms with Crippen LogP contribution >= 0.6 is 11.8 Å². The Hall–Kier alpha value is -3.33. The van der Waals surface area contributed by atoms with Crippen LogP contribution in [0.25, 0.3) is 0 Å². The standard InChI is InChI=1S/C28H37N3O5S/c1-20(2)16-25(31-28(35)36-18-23-12-8-5-9-13-23)27(34)30-24(17-22-10-6-4-7-11-22)26(33)19-37-15-14-29-21(3)32/h4-13,20,24-25H,14-19H2,1-3H3,(H,29,32)(H,30,34)(H,31,35). The number of carbonyl (C=O) groups is 4. The van der Waals surface area contributed by atoms with E-state index >= 15 is 0 Å². The molecule has 0 fully saturated rings. The van der Waals surface area contributed by atoms with Crippen LogP contribution in [0.5, 0.6) is 0 Å². The Morgan fingerprint density at radius 2 is 1.49 bits per heavy atom. The molecule has 0 heterocycles. The van der Waals surface area contributed by atoms with Crippen molar-refractivity contribution >= 4 is 35.5 Å². The fraction of sp³-hybridized carbons (Fsp3) is 0.429. The summed E-state index contributed by atoms with van der Waals surface area (Å²) < 4.78 is 5.30. The molecule has 0 aromatic heterocycles. The maximum absolute atomic E-state index is 13.3. The van der Waals surface area contributed by atoms with Crippen LogP contribution in [-0.4, -0.2) is 53.8 Å². The Morgan fingerprint density at radius 1 is 0.865 bits per heavy atom. The predicted octanol–water partition coefficient (Wildman–Crippen LogP) is 3.49. The first-order valence-corrected chi connectivity index (χ1v) is 13.6. The second-order valence-electron chi connectivity index (χ2n) is 9.14. The summed E-state index contributed by atoms with van der Waals surface area (Å²) in [7, 11) is 0. The van der Waals surface area contributed by atoms with Crippen LogP contribution in [0.3, 0.4) is 0 Å². The highest BCUT2D eigenvalue weighted by molar-refractivity contribution is 7.99. The van der Waals surface area contributed by atoms with Gasteiger partial charge < -0.3 is 20.7 Å². The minimum atomic E-state index is -0.846.